The number of ether oxygens (including phenoxy) is 2. The van der Waals surface area contributed by atoms with Crippen LogP contribution in [-0.2, 0) is 11.2 Å². The number of amides is 1. The van der Waals surface area contributed by atoms with Crippen LogP contribution in [0.15, 0.2) is 39.3 Å². The molecule has 1 atom stereocenters. The lowest BCUT2D eigenvalue weighted by molar-refractivity contribution is -0.121. The number of nitrogens with one attached hydrogen (secondary N) is 3. The van der Waals surface area contributed by atoms with Crippen molar-refractivity contribution in [3.8, 4) is 11.5 Å². The quantitative estimate of drug-likeness (QED) is 0.198. The van der Waals surface area contributed by atoms with Crippen LogP contribution >= 0.6 is 78.9 Å². The van der Waals surface area contributed by atoms with E-state index in [1.807, 2.05) is 19.1 Å². The molecule has 0 aliphatic rings. The summed E-state index contributed by atoms with van der Waals surface area (Å²) < 4.78 is 10.2. The van der Waals surface area contributed by atoms with Gasteiger partial charge in [-0.05, 0) is 74.8 Å². The summed E-state index contributed by atoms with van der Waals surface area (Å²) in [7, 11) is 3.05. The van der Waals surface area contributed by atoms with Crippen LogP contribution in [0.5, 0.6) is 11.5 Å². The number of methoxy groups -OCH3 is 2. The Bertz CT molecular complexity index is 983. The van der Waals surface area contributed by atoms with Crippen LogP contribution in [0.25, 0.3) is 0 Å². The third-order valence-corrected chi connectivity index (χ3v) is 6.30. The third-order valence-electron chi connectivity index (χ3n) is 4.18. The second-order valence-corrected chi connectivity index (χ2v) is 11.1. The van der Waals surface area contributed by atoms with E-state index < -0.39 is 15.9 Å². The molecule has 0 saturated heterocycles. The minimum Gasteiger partial charge on any atom is -0.497 e. The topological polar surface area (TPSA) is 71.6 Å². The van der Waals surface area contributed by atoms with Crippen LogP contribution in [0.4, 0.5) is 5.69 Å². The first kappa shape index (κ1) is 27.3. The average molecular weight is 649 g/mol. The fourth-order valence-corrected chi connectivity index (χ4v) is 4.84. The van der Waals surface area contributed by atoms with Crippen LogP contribution in [0.1, 0.15) is 11.1 Å². The molecule has 3 N–H and O–H groups in total. The number of carbonyl (C=O) groups excluding carboxylic acids is 1. The van der Waals surface area contributed by atoms with E-state index >= 15 is 0 Å². The van der Waals surface area contributed by atoms with Gasteiger partial charge in [0.25, 0.3) is 0 Å². The number of aryl methyl sites for hydroxylation is 1. The number of hydrogen-bond acceptors (Lipinski definition) is 4. The lowest BCUT2D eigenvalue weighted by Gasteiger charge is -2.28. The second kappa shape index (κ2) is 11.9. The molecule has 174 valence electrons. The molecule has 2 aromatic carbocycles. The number of benzene rings is 2. The van der Waals surface area contributed by atoms with Crippen molar-refractivity contribution in [2.45, 2.75) is 23.3 Å². The Morgan fingerprint density at radius 2 is 1.72 bits per heavy atom. The number of alkyl halides is 3. The number of hydrogen-bond donors (Lipinski definition) is 3. The first-order valence-electron chi connectivity index (χ1n) is 9.04. The first-order chi connectivity index (χ1) is 14.9. The van der Waals surface area contributed by atoms with Gasteiger partial charge in [-0.3, -0.25) is 4.79 Å². The van der Waals surface area contributed by atoms with Gasteiger partial charge in [-0.2, -0.15) is 0 Å². The zero-order valence-electron chi connectivity index (χ0n) is 17.2. The smallest absolute Gasteiger partial charge is 0.228 e. The molecule has 1 unspecified atom stereocenters. The Labute approximate surface area is 223 Å². The zero-order valence-corrected chi connectivity index (χ0v) is 23.5. The van der Waals surface area contributed by atoms with Crippen molar-refractivity contribution in [1.82, 2.24) is 10.6 Å². The molecule has 2 rings (SSSR count). The standard InChI is InChI=1S/C20H20Br2Cl3N3O3S/c1-10-6-13(21)17(14(22)7-10)27-19(32)28-18(20(23,24)25)26-16(29)8-11-4-5-12(30-2)9-15(11)31-3/h4-7,9,18H,8H2,1-3H3,(H,26,29)(H2,27,28,32). The number of halogens is 5. The number of anilines is 1. The number of carbonyl (C=O) groups is 1. The van der Waals surface area contributed by atoms with Gasteiger partial charge < -0.3 is 25.4 Å². The second-order valence-electron chi connectivity index (χ2n) is 6.60. The molecule has 12 heteroatoms. The Morgan fingerprint density at radius 1 is 1.09 bits per heavy atom. The molecule has 0 aliphatic carbocycles. The lowest BCUT2D eigenvalue weighted by Crippen LogP contribution is -2.56. The van der Waals surface area contributed by atoms with E-state index in [9.17, 15) is 4.79 Å². The highest BCUT2D eigenvalue weighted by Crippen LogP contribution is 2.33. The summed E-state index contributed by atoms with van der Waals surface area (Å²) in [5, 5.41) is 8.67. The molecule has 6 nitrogen and oxygen atoms in total. The molecule has 0 saturated carbocycles. The maximum atomic E-state index is 12.7. The maximum Gasteiger partial charge on any atom is 0.228 e. The molecule has 0 heterocycles. The molecule has 0 bridgehead atoms. The highest BCUT2D eigenvalue weighted by atomic mass is 79.9. The fraction of sp³-hybridized carbons (Fsp3) is 0.300. The highest BCUT2D eigenvalue weighted by Gasteiger charge is 2.35. The van der Waals surface area contributed by atoms with Crippen LogP contribution in [0.3, 0.4) is 0 Å². The highest BCUT2D eigenvalue weighted by molar-refractivity contribution is 9.11. The summed E-state index contributed by atoms with van der Waals surface area (Å²) in [6.07, 6.45) is -1.12. The predicted octanol–water partition coefficient (Wildman–Crippen LogP) is 5.88. The zero-order chi connectivity index (χ0) is 24.1. The maximum absolute atomic E-state index is 12.7. The van der Waals surface area contributed by atoms with Crippen LogP contribution in [0, 0.1) is 6.92 Å². The van der Waals surface area contributed by atoms with Gasteiger partial charge in [0.15, 0.2) is 5.11 Å². The van der Waals surface area contributed by atoms with E-state index in [1.54, 1.807) is 25.3 Å². The SMILES string of the molecule is COc1ccc(CC(=O)NC(NC(=S)Nc2c(Br)cc(C)cc2Br)C(Cl)(Cl)Cl)c(OC)c1. The van der Waals surface area contributed by atoms with E-state index in [0.717, 1.165) is 14.5 Å². The Kier molecular flexibility index (Phi) is 10.2. The molecule has 0 aromatic heterocycles. The van der Waals surface area contributed by atoms with Crippen molar-refractivity contribution in [1.29, 1.82) is 0 Å². The molecule has 1 amide bonds. The van der Waals surface area contributed by atoms with E-state index in [2.05, 4.69) is 47.8 Å². The summed E-state index contributed by atoms with van der Waals surface area (Å²) >= 11 is 30.6. The van der Waals surface area contributed by atoms with Crippen molar-refractivity contribution in [2.24, 2.45) is 0 Å². The van der Waals surface area contributed by atoms with Crippen molar-refractivity contribution >= 4 is 95.6 Å². The van der Waals surface area contributed by atoms with Gasteiger partial charge >= 0.3 is 0 Å². The molecule has 0 spiro atoms. The van der Waals surface area contributed by atoms with E-state index in [0.29, 0.717) is 22.7 Å². The first-order valence-corrected chi connectivity index (χ1v) is 12.2. The lowest BCUT2D eigenvalue weighted by atomic mass is 10.1. The normalized spacial score (nSPS) is 12.0. The minimum absolute atomic E-state index is 0.0126. The van der Waals surface area contributed by atoms with Crippen LogP contribution < -0.4 is 25.4 Å². The van der Waals surface area contributed by atoms with Gasteiger partial charge in [-0.1, -0.05) is 40.9 Å². The fourth-order valence-electron chi connectivity index (χ4n) is 2.68. The predicted molar refractivity (Wildman–Crippen MR) is 141 cm³/mol. The molecule has 2 aromatic rings. The van der Waals surface area contributed by atoms with Gasteiger partial charge in [0, 0.05) is 20.6 Å². The third kappa shape index (κ3) is 7.81. The summed E-state index contributed by atoms with van der Waals surface area (Å²) in [6, 6.07) is 8.99. The van der Waals surface area contributed by atoms with Crippen molar-refractivity contribution in [3.63, 3.8) is 0 Å². The van der Waals surface area contributed by atoms with Gasteiger partial charge in [-0.25, -0.2) is 0 Å². The summed E-state index contributed by atoms with van der Waals surface area (Å²) in [5.41, 5.74) is 2.38. The van der Waals surface area contributed by atoms with Crippen molar-refractivity contribution < 1.29 is 14.3 Å². The van der Waals surface area contributed by atoms with E-state index in [4.69, 9.17) is 56.5 Å². The molecular formula is C20H20Br2Cl3N3O3S. The molecule has 0 fully saturated rings. The molecule has 0 radical (unpaired) electrons. The number of thiocarbonyl (C=S) groups is 1. The van der Waals surface area contributed by atoms with Gasteiger partial charge in [0.05, 0.1) is 26.3 Å². The number of rotatable bonds is 7. The van der Waals surface area contributed by atoms with Gasteiger partial charge in [-0.15, -0.1) is 0 Å². The molecular weight excluding hydrogens is 628 g/mol. The molecule has 0 aliphatic heterocycles. The summed E-state index contributed by atoms with van der Waals surface area (Å²) in [4.78, 5) is 12.7. The van der Waals surface area contributed by atoms with E-state index in [1.165, 1.54) is 7.11 Å². The monoisotopic (exact) mass is 645 g/mol. The van der Waals surface area contributed by atoms with E-state index in [-0.39, 0.29) is 11.5 Å². The minimum atomic E-state index is -1.88. The average Bonchev–Trinajstić information content (AvgIpc) is 2.69. The van der Waals surface area contributed by atoms with Gasteiger partial charge in [0.1, 0.15) is 17.7 Å². The van der Waals surface area contributed by atoms with Crippen molar-refractivity contribution in [2.75, 3.05) is 19.5 Å². The Hall–Kier alpha value is -0.970. The summed E-state index contributed by atoms with van der Waals surface area (Å²) in [6.45, 7) is 1.96. The summed E-state index contributed by atoms with van der Waals surface area (Å²) in [5.74, 6) is 0.707. The van der Waals surface area contributed by atoms with Crippen molar-refractivity contribution in [3.05, 3.63) is 50.4 Å². The van der Waals surface area contributed by atoms with Gasteiger partial charge in [0.2, 0.25) is 9.70 Å². The Balaban J connectivity index is 2.11. The van der Waals surface area contributed by atoms with Crippen LogP contribution in [-0.4, -0.2) is 35.2 Å². The Morgan fingerprint density at radius 3 is 2.25 bits per heavy atom. The largest absolute Gasteiger partial charge is 0.497 e. The molecule has 32 heavy (non-hydrogen) atoms. The van der Waals surface area contributed by atoms with Crippen LogP contribution in [0.2, 0.25) is 0 Å².